The van der Waals surface area contributed by atoms with E-state index in [9.17, 15) is 9.59 Å². The quantitative estimate of drug-likeness (QED) is 0.168. The monoisotopic (exact) mass is 840 g/mol. The molecule has 3 aliphatic heterocycles. The molecule has 7 heterocycles. The fourth-order valence-corrected chi connectivity index (χ4v) is 7.76. The Morgan fingerprint density at radius 2 is 1.21 bits per heavy atom. The molecule has 18 heteroatoms. The fourth-order valence-electron chi connectivity index (χ4n) is 7.76. The van der Waals surface area contributed by atoms with Crippen LogP contribution in [0, 0.1) is 27.7 Å². The molecule has 0 saturated carbocycles. The normalized spacial score (nSPS) is 17.3. The zero-order chi connectivity index (χ0) is 43.3. The minimum Gasteiger partial charge on any atom is -0.484 e. The van der Waals surface area contributed by atoms with Crippen molar-refractivity contribution in [2.24, 2.45) is 0 Å². The van der Waals surface area contributed by atoms with Crippen LogP contribution in [-0.4, -0.2) is 128 Å². The first-order valence-electron chi connectivity index (χ1n) is 20.9. The van der Waals surface area contributed by atoms with Crippen molar-refractivity contribution in [3.05, 3.63) is 83.4 Å². The number of anilines is 4. The zero-order valence-corrected chi connectivity index (χ0v) is 35.9. The van der Waals surface area contributed by atoms with Crippen LogP contribution in [0.3, 0.4) is 0 Å². The molecule has 62 heavy (non-hydrogen) atoms. The van der Waals surface area contributed by atoms with Crippen LogP contribution in [0.15, 0.2) is 60.9 Å². The largest absolute Gasteiger partial charge is 0.484 e. The third kappa shape index (κ3) is 10.1. The number of aromatic nitrogens is 8. The Balaban J connectivity index is 0.000000171. The number of piperidine rings is 1. The molecular formula is C44H52N14O4. The smallest absolute Gasteiger partial charge is 0.263 e. The third-order valence-electron chi connectivity index (χ3n) is 11.2. The third-order valence-corrected chi connectivity index (χ3v) is 11.2. The standard InChI is InChI=1S/C23H29N7O2.C21H23N7O2/c1-15-5-7-18(8-6-15)32-14-20(31)26-19-13-24-22-21(27-19)16(2)25-23(28-22)30-11-9-17(10-12-30)29(3)4;1-12-3-5-16(6-4-12)30-11-18(29)25-17-9-23-20-19(26-17)13(2)24-21(27-20)28-10-14-7-15(28)8-22-14/h5-8,13,17H,9-12,14H2,1-4H3,(H,26,27,31);3-6,9,14-15,22H,7-8,10-11H2,1-2H3,(H,25,26,29). The molecule has 0 spiro atoms. The molecule has 0 radical (unpaired) electrons. The van der Waals surface area contributed by atoms with Gasteiger partial charge in [0, 0.05) is 44.3 Å². The maximum Gasteiger partial charge on any atom is 0.263 e. The number of benzene rings is 2. The molecule has 3 N–H and O–H groups in total. The van der Waals surface area contributed by atoms with E-state index in [2.05, 4.69) is 84.6 Å². The van der Waals surface area contributed by atoms with Crippen LogP contribution in [0.25, 0.3) is 22.3 Å². The number of ether oxygens (including phenoxy) is 2. The van der Waals surface area contributed by atoms with Gasteiger partial charge in [0.1, 0.15) is 22.5 Å². The molecule has 3 fully saturated rings. The summed E-state index contributed by atoms with van der Waals surface area (Å²) in [6, 6.07) is 16.6. The number of rotatable bonds is 11. The molecule has 9 rings (SSSR count). The molecular weight excluding hydrogens is 789 g/mol. The predicted octanol–water partition coefficient (Wildman–Crippen LogP) is 4.19. The van der Waals surface area contributed by atoms with Crippen LogP contribution in [0.2, 0.25) is 0 Å². The number of aryl methyl sites for hydroxylation is 4. The van der Waals surface area contributed by atoms with E-state index < -0.39 is 0 Å². The summed E-state index contributed by atoms with van der Waals surface area (Å²) >= 11 is 0. The molecule has 0 aliphatic carbocycles. The van der Waals surface area contributed by atoms with Gasteiger partial charge < -0.3 is 40.1 Å². The lowest BCUT2D eigenvalue weighted by atomic mass is 10.0. The van der Waals surface area contributed by atoms with E-state index in [1.807, 2.05) is 76.2 Å². The van der Waals surface area contributed by atoms with Gasteiger partial charge in [-0.3, -0.25) is 9.59 Å². The van der Waals surface area contributed by atoms with Gasteiger partial charge in [0.05, 0.1) is 23.8 Å². The molecule has 2 bridgehead atoms. The summed E-state index contributed by atoms with van der Waals surface area (Å²) in [6.07, 6.45) is 6.31. The SMILES string of the molecule is Cc1ccc(OCC(=O)Nc2cnc3nc(N4CC5CC4CN5)nc(C)c3n2)cc1.Cc1ccc(OCC(=O)Nc2cnc3nc(N4CCC(N(C)C)CC4)nc(C)c3n2)cc1. The Bertz CT molecular complexity index is 2550. The van der Waals surface area contributed by atoms with Crippen molar-refractivity contribution in [2.75, 3.05) is 73.9 Å². The molecule has 2 amide bonds. The van der Waals surface area contributed by atoms with Crippen LogP contribution in [0.5, 0.6) is 11.5 Å². The van der Waals surface area contributed by atoms with Crippen molar-refractivity contribution in [1.82, 2.24) is 50.1 Å². The topological polar surface area (TPSA) is 202 Å². The summed E-state index contributed by atoms with van der Waals surface area (Å²) in [5, 5.41) is 8.93. The molecule has 2 unspecified atom stereocenters. The highest BCUT2D eigenvalue weighted by molar-refractivity contribution is 5.92. The Morgan fingerprint density at radius 3 is 1.68 bits per heavy atom. The van der Waals surface area contributed by atoms with Crippen LogP contribution in [0.4, 0.5) is 23.5 Å². The first-order valence-corrected chi connectivity index (χ1v) is 20.9. The highest BCUT2D eigenvalue weighted by Crippen LogP contribution is 2.29. The van der Waals surface area contributed by atoms with E-state index in [0.717, 1.165) is 68.0 Å². The maximum atomic E-state index is 12.3. The second-order valence-corrected chi connectivity index (χ2v) is 16.2. The number of piperazine rings is 1. The van der Waals surface area contributed by atoms with E-state index in [-0.39, 0.29) is 25.0 Å². The second kappa shape index (κ2) is 18.5. The minimum absolute atomic E-state index is 0.108. The van der Waals surface area contributed by atoms with Gasteiger partial charge in [0.25, 0.3) is 11.8 Å². The highest BCUT2D eigenvalue weighted by Gasteiger charge is 2.39. The number of nitrogens with zero attached hydrogens (tertiary/aromatic N) is 11. The Morgan fingerprint density at radius 1 is 0.710 bits per heavy atom. The van der Waals surface area contributed by atoms with Gasteiger partial charge in [-0.2, -0.15) is 9.97 Å². The first-order chi connectivity index (χ1) is 29.9. The van der Waals surface area contributed by atoms with Crippen LogP contribution >= 0.6 is 0 Å². The lowest BCUT2D eigenvalue weighted by molar-refractivity contribution is -0.118. The maximum absolute atomic E-state index is 12.3. The Hall–Kier alpha value is -6.66. The van der Waals surface area contributed by atoms with Crippen molar-refractivity contribution >= 4 is 57.7 Å². The second-order valence-electron chi connectivity index (χ2n) is 16.2. The summed E-state index contributed by atoms with van der Waals surface area (Å²) in [6.45, 7) is 11.3. The van der Waals surface area contributed by atoms with E-state index in [4.69, 9.17) is 9.47 Å². The van der Waals surface area contributed by atoms with Crippen molar-refractivity contribution in [3.63, 3.8) is 0 Å². The fraction of sp³-hybridized carbons (Fsp3) is 0.409. The number of carbonyl (C=O) groups is 2. The predicted molar refractivity (Wildman–Crippen MR) is 237 cm³/mol. The number of nitrogens with one attached hydrogen (secondary N) is 3. The van der Waals surface area contributed by atoms with Crippen molar-refractivity contribution in [2.45, 2.75) is 65.1 Å². The lowest BCUT2D eigenvalue weighted by Gasteiger charge is -2.35. The molecule has 2 aromatic carbocycles. The van der Waals surface area contributed by atoms with Gasteiger partial charge in [0.2, 0.25) is 11.9 Å². The van der Waals surface area contributed by atoms with Gasteiger partial charge in [0.15, 0.2) is 36.1 Å². The molecule has 3 aliphatic rings. The number of fused-ring (bicyclic) bond motifs is 4. The van der Waals surface area contributed by atoms with Crippen molar-refractivity contribution < 1.29 is 19.1 Å². The van der Waals surface area contributed by atoms with Gasteiger partial charge in [-0.05, 0) is 85.3 Å². The minimum atomic E-state index is -0.307. The van der Waals surface area contributed by atoms with Crippen LogP contribution < -0.4 is 35.2 Å². The van der Waals surface area contributed by atoms with Gasteiger partial charge in [-0.15, -0.1) is 0 Å². The number of amides is 2. The van der Waals surface area contributed by atoms with Crippen LogP contribution in [-0.2, 0) is 9.59 Å². The van der Waals surface area contributed by atoms with Gasteiger partial charge >= 0.3 is 0 Å². The Labute approximate surface area is 359 Å². The average Bonchev–Trinajstić information content (AvgIpc) is 3.91. The molecule has 4 aromatic heterocycles. The number of hydrogen-bond donors (Lipinski definition) is 3. The number of hydrogen-bond acceptors (Lipinski definition) is 16. The zero-order valence-electron chi connectivity index (χ0n) is 35.9. The Kier molecular flexibility index (Phi) is 12.6. The van der Waals surface area contributed by atoms with Gasteiger partial charge in [-0.1, -0.05) is 35.4 Å². The van der Waals surface area contributed by atoms with Crippen LogP contribution in [0.1, 0.15) is 41.8 Å². The van der Waals surface area contributed by atoms with E-state index in [0.29, 0.717) is 75.5 Å². The molecule has 322 valence electrons. The average molecular weight is 841 g/mol. The van der Waals surface area contributed by atoms with E-state index in [1.54, 1.807) is 0 Å². The molecule has 3 saturated heterocycles. The number of carbonyl (C=O) groups excluding carboxylic acids is 2. The molecule has 2 atom stereocenters. The summed E-state index contributed by atoms with van der Waals surface area (Å²) in [5.74, 6) is 2.75. The molecule has 6 aromatic rings. The summed E-state index contributed by atoms with van der Waals surface area (Å²) in [7, 11) is 4.25. The molecule has 18 nitrogen and oxygen atoms in total. The van der Waals surface area contributed by atoms with E-state index in [1.165, 1.54) is 12.4 Å². The lowest BCUT2D eigenvalue weighted by Crippen LogP contribution is -2.44. The summed E-state index contributed by atoms with van der Waals surface area (Å²) in [5.41, 5.74) is 5.95. The highest BCUT2D eigenvalue weighted by atomic mass is 16.5. The van der Waals surface area contributed by atoms with Gasteiger partial charge in [-0.25, -0.2) is 29.9 Å². The summed E-state index contributed by atoms with van der Waals surface area (Å²) in [4.78, 5) is 67.6. The van der Waals surface area contributed by atoms with Crippen molar-refractivity contribution in [1.29, 1.82) is 0 Å². The summed E-state index contributed by atoms with van der Waals surface area (Å²) < 4.78 is 11.0. The van der Waals surface area contributed by atoms with E-state index >= 15 is 0 Å². The first kappa shape index (κ1) is 42.0. The van der Waals surface area contributed by atoms with Crippen molar-refractivity contribution in [3.8, 4) is 11.5 Å².